The van der Waals surface area contributed by atoms with E-state index in [1.165, 1.54) is 6.07 Å². The fourth-order valence-electron chi connectivity index (χ4n) is 1.56. The van der Waals surface area contributed by atoms with Gasteiger partial charge in [-0.15, -0.1) is 0 Å². The van der Waals surface area contributed by atoms with Gasteiger partial charge in [0, 0.05) is 25.0 Å². The zero-order chi connectivity index (χ0) is 13.0. The SMILES string of the molecule is CCOc1ccc(-c2cnc(NC)nc2)cc1F. The summed E-state index contributed by atoms with van der Waals surface area (Å²) in [5.74, 6) is 0.409. The molecule has 1 N–H and O–H groups in total. The molecule has 0 saturated carbocycles. The number of anilines is 1. The van der Waals surface area contributed by atoms with Gasteiger partial charge in [0.25, 0.3) is 0 Å². The highest BCUT2D eigenvalue weighted by atomic mass is 19.1. The van der Waals surface area contributed by atoms with Gasteiger partial charge in [0.15, 0.2) is 11.6 Å². The molecule has 0 radical (unpaired) electrons. The van der Waals surface area contributed by atoms with Crippen LogP contribution in [-0.2, 0) is 0 Å². The molecule has 2 aromatic rings. The van der Waals surface area contributed by atoms with Gasteiger partial charge in [-0.05, 0) is 24.6 Å². The molecular weight excluding hydrogens is 233 g/mol. The number of halogens is 1. The molecule has 0 unspecified atom stereocenters. The first-order valence-electron chi connectivity index (χ1n) is 5.67. The lowest BCUT2D eigenvalue weighted by Crippen LogP contribution is -1.96. The molecule has 0 aliphatic heterocycles. The molecule has 0 spiro atoms. The molecule has 1 aromatic heterocycles. The number of rotatable bonds is 4. The Balaban J connectivity index is 2.30. The third-order valence-corrected chi connectivity index (χ3v) is 2.44. The average Bonchev–Trinajstić information content (AvgIpc) is 2.41. The number of hydrogen-bond acceptors (Lipinski definition) is 4. The maximum Gasteiger partial charge on any atom is 0.222 e. The summed E-state index contributed by atoms with van der Waals surface area (Å²) in [7, 11) is 1.74. The molecule has 2 rings (SSSR count). The highest BCUT2D eigenvalue weighted by Gasteiger charge is 2.06. The van der Waals surface area contributed by atoms with Crippen LogP contribution in [0.5, 0.6) is 5.75 Å². The van der Waals surface area contributed by atoms with Crippen LogP contribution in [0.15, 0.2) is 30.6 Å². The van der Waals surface area contributed by atoms with Crippen molar-refractivity contribution < 1.29 is 9.13 Å². The monoisotopic (exact) mass is 247 g/mol. The topological polar surface area (TPSA) is 47.0 Å². The van der Waals surface area contributed by atoms with Crippen molar-refractivity contribution in [1.82, 2.24) is 9.97 Å². The molecule has 4 nitrogen and oxygen atoms in total. The van der Waals surface area contributed by atoms with Crippen molar-refractivity contribution in [2.24, 2.45) is 0 Å². The van der Waals surface area contributed by atoms with E-state index >= 15 is 0 Å². The second-order valence-electron chi connectivity index (χ2n) is 3.62. The normalized spacial score (nSPS) is 10.2. The van der Waals surface area contributed by atoms with Crippen molar-refractivity contribution in [3.63, 3.8) is 0 Å². The van der Waals surface area contributed by atoms with E-state index in [2.05, 4.69) is 15.3 Å². The smallest absolute Gasteiger partial charge is 0.222 e. The van der Waals surface area contributed by atoms with E-state index in [4.69, 9.17) is 4.74 Å². The molecule has 0 aliphatic carbocycles. The van der Waals surface area contributed by atoms with E-state index < -0.39 is 0 Å². The summed E-state index contributed by atoms with van der Waals surface area (Å²) in [4.78, 5) is 8.17. The molecule has 1 aromatic carbocycles. The number of aromatic nitrogens is 2. The molecule has 1 heterocycles. The molecule has 0 amide bonds. The number of hydrogen-bond donors (Lipinski definition) is 1. The fourth-order valence-corrected chi connectivity index (χ4v) is 1.56. The lowest BCUT2D eigenvalue weighted by atomic mass is 10.1. The number of nitrogens with one attached hydrogen (secondary N) is 1. The lowest BCUT2D eigenvalue weighted by molar-refractivity contribution is 0.321. The van der Waals surface area contributed by atoms with Gasteiger partial charge in [0.2, 0.25) is 5.95 Å². The number of nitrogens with zero attached hydrogens (tertiary/aromatic N) is 2. The minimum Gasteiger partial charge on any atom is -0.491 e. The zero-order valence-corrected chi connectivity index (χ0v) is 10.3. The fraction of sp³-hybridized carbons (Fsp3) is 0.231. The summed E-state index contributed by atoms with van der Waals surface area (Å²) in [6.07, 6.45) is 3.29. The Labute approximate surface area is 105 Å². The van der Waals surface area contributed by atoms with E-state index in [0.29, 0.717) is 12.6 Å². The van der Waals surface area contributed by atoms with Crippen LogP contribution in [0.4, 0.5) is 10.3 Å². The standard InChI is InChI=1S/C13H14FN3O/c1-3-18-12-5-4-9(6-11(12)14)10-7-16-13(15-2)17-8-10/h4-8H,3H2,1-2H3,(H,15,16,17). The van der Waals surface area contributed by atoms with Crippen LogP contribution in [0.2, 0.25) is 0 Å². The Morgan fingerprint density at radius 2 is 1.94 bits per heavy atom. The quantitative estimate of drug-likeness (QED) is 0.902. The first kappa shape index (κ1) is 12.3. The highest BCUT2D eigenvalue weighted by Crippen LogP contribution is 2.25. The molecule has 0 atom stereocenters. The summed E-state index contributed by atoms with van der Waals surface area (Å²) in [5.41, 5.74) is 1.48. The molecule has 94 valence electrons. The average molecular weight is 247 g/mol. The molecule has 0 saturated heterocycles. The molecule has 0 fully saturated rings. The zero-order valence-electron chi connectivity index (χ0n) is 10.3. The lowest BCUT2D eigenvalue weighted by Gasteiger charge is -2.07. The Morgan fingerprint density at radius 1 is 1.22 bits per heavy atom. The minimum absolute atomic E-state index is 0.258. The third-order valence-electron chi connectivity index (χ3n) is 2.44. The number of ether oxygens (including phenoxy) is 1. The van der Waals surface area contributed by atoms with Crippen LogP contribution < -0.4 is 10.1 Å². The van der Waals surface area contributed by atoms with Gasteiger partial charge in [-0.3, -0.25) is 0 Å². The van der Waals surface area contributed by atoms with E-state index in [0.717, 1.165) is 11.1 Å². The van der Waals surface area contributed by atoms with Crippen LogP contribution in [0.3, 0.4) is 0 Å². The van der Waals surface area contributed by atoms with E-state index in [-0.39, 0.29) is 11.6 Å². The number of benzene rings is 1. The van der Waals surface area contributed by atoms with Gasteiger partial charge >= 0.3 is 0 Å². The van der Waals surface area contributed by atoms with Gasteiger partial charge in [0.1, 0.15) is 0 Å². The minimum atomic E-state index is -0.382. The Bertz CT molecular complexity index is 528. The van der Waals surface area contributed by atoms with Gasteiger partial charge < -0.3 is 10.1 Å². The van der Waals surface area contributed by atoms with Crippen LogP contribution in [-0.4, -0.2) is 23.6 Å². The van der Waals surface area contributed by atoms with Crippen LogP contribution in [0.25, 0.3) is 11.1 Å². The molecular formula is C13H14FN3O. The van der Waals surface area contributed by atoms with Crippen LogP contribution >= 0.6 is 0 Å². The Hall–Kier alpha value is -2.17. The molecule has 0 aliphatic rings. The van der Waals surface area contributed by atoms with Crippen LogP contribution in [0, 0.1) is 5.82 Å². The summed E-state index contributed by atoms with van der Waals surface area (Å²) in [6.45, 7) is 2.26. The molecule has 5 heteroatoms. The molecule has 0 bridgehead atoms. The predicted octanol–water partition coefficient (Wildman–Crippen LogP) is 2.72. The van der Waals surface area contributed by atoms with Gasteiger partial charge in [-0.25, -0.2) is 14.4 Å². The predicted molar refractivity (Wildman–Crippen MR) is 68.1 cm³/mol. The van der Waals surface area contributed by atoms with Gasteiger partial charge in [0.05, 0.1) is 6.61 Å². The maximum atomic E-state index is 13.7. The second kappa shape index (κ2) is 5.44. The van der Waals surface area contributed by atoms with Gasteiger partial charge in [-0.1, -0.05) is 6.07 Å². The van der Waals surface area contributed by atoms with Crippen molar-refractivity contribution in [2.45, 2.75) is 6.92 Å². The third kappa shape index (κ3) is 2.56. The van der Waals surface area contributed by atoms with Crippen LogP contribution in [0.1, 0.15) is 6.92 Å². The summed E-state index contributed by atoms with van der Waals surface area (Å²) < 4.78 is 18.8. The summed E-state index contributed by atoms with van der Waals surface area (Å²) in [6, 6.07) is 4.81. The van der Waals surface area contributed by atoms with Crippen molar-refractivity contribution in [3.05, 3.63) is 36.4 Å². The van der Waals surface area contributed by atoms with E-state index in [1.54, 1.807) is 31.6 Å². The summed E-state index contributed by atoms with van der Waals surface area (Å²) >= 11 is 0. The largest absolute Gasteiger partial charge is 0.491 e. The second-order valence-corrected chi connectivity index (χ2v) is 3.62. The van der Waals surface area contributed by atoms with E-state index in [1.807, 2.05) is 6.92 Å². The first-order chi connectivity index (χ1) is 8.74. The molecule has 18 heavy (non-hydrogen) atoms. The van der Waals surface area contributed by atoms with Gasteiger partial charge in [-0.2, -0.15) is 0 Å². The van der Waals surface area contributed by atoms with Crippen molar-refractivity contribution in [2.75, 3.05) is 19.0 Å². The summed E-state index contributed by atoms with van der Waals surface area (Å²) in [5, 5.41) is 2.83. The van der Waals surface area contributed by atoms with Crippen molar-refractivity contribution in [3.8, 4) is 16.9 Å². The highest BCUT2D eigenvalue weighted by molar-refractivity contribution is 5.63. The maximum absolute atomic E-state index is 13.7. The van der Waals surface area contributed by atoms with Crippen molar-refractivity contribution in [1.29, 1.82) is 0 Å². The Kier molecular flexibility index (Phi) is 3.72. The Morgan fingerprint density at radius 3 is 2.50 bits per heavy atom. The van der Waals surface area contributed by atoms with E-state index in [9.17, 15) is 4.39 Å². The van der Waals surface area contributed by atoms with Crippen molar-refractivity contribution >= 4 is 5.95 Å². The first-order valence-corrected chi connectivity index (χ1v) is 5.67.